The van der Waals surface area contributed by atoms with Crippen LogP contribution in [0.25, 0.3) is 16.9 Å². The Morgan fingerprint density at radius 2 is 2.03 bits per heavy atom. The van der Waals surface area contributed by atoms with Crippen LogP contribution in [0.3, 0.4) is 0 Å². The van der Waals surface area contributed by atoms with Crippen LogP contribution >= 0.6 is 11.6 Å². The third-order valence-electron chi connectivity index (χ3n) is 3.90. The molecule has 2 heterocycles. The van der Waals surface area contributed by atoms with Gasteiger partial charge in [0.15, 0.2) is 0 Å². The van der Waals surface area contributed by atoms with Crippen LogP contribution < -0.4 is 5.32 Å². The van der Waals surface area contributed by atoms with Gasteiger partial charge >= 0.3 is 6.18 Å². The molecule has 152 valence electrons. The maximum atomic E-state index is 13.3. The minimum Gasteiger partial charge on any atom is -0.394 e. The Kier molecular flexibility index (Phi) is 5.85. The first-order chi connectivity index (χ1) is 13.7. The maximum absolute atomic E-state index is 13.3. The van der Waals surface area contributed by atoms with Crippen molar-refractivity contribution in [2.45, 2.75) is 19.1 Å². The molecule has 2 aromatic heterocycles. The minimum atomic E-state index is -4.74. The number of amides is 1. The van der Waals surface area contributed by atoms with Crippen LogP contribution in [0, 0.1) is 0 Å². The van der Waals surface area contributed by atoms with Crippen LogP contribution in [0.4, 0.5) is 13.2 Å². The topological polar surface area (TPSA) is 92.9 Å². The van der Waals surface area contributed by atoms with E-state index < -0.39 is 23.9 Å². The molecule has 0 spiro atoms. The van der Waals surface area contributed by atoms with Crippen molar-refractivity contribution in [1.82, 2.24) is 25.1 Å². The van der Waals surface area contributed by atoms with Crippen molar-refractivity contribution in [2.75, 3.05) is 6.61 Å². The maximum Gasteiger partial charge on any atom is 0.451 e. The average Bonchev–Trinajstić information content (AvgIpc) is 3.18. The molecule has 7 nitrogen and oxygen atoms in total. The number of pyridine rings is 1. The molecule has 1 atom stereocenters. The molecule has 0 aliphatic heterocycles. The van der Waals surface area contributed by atoms with Crippen LogP contribution in [-0.2, 0) is 6.18 Å². The SMILES string of the molecule is C[C@@H](CO)NC(=O)c1cc(-c2ccc(Cl)cn2)cc(-n2ncnc2C(F)(F)F)c1. The number of hydrogen-bond donors (Lipinski definition) is 2. The number of rotatable bonds is 5. The highest BCUT2D eigenvalue weighted by molar-refractivity contribution is 6.30. The lowest BCUT2D eigenvalue weighted by atomic mass is 10.0. The molecule has 0 saturated carbocycles. The van der Waals surface area contributed by atoms with Gasteiger partial charge in [0.2, 0.25) is 5.82 Å². The summed E-state index contributed by atoms with van der Waals surface area (Å²) in [5, 5.41) is 15.7. The molecule has 0 aliphatic carbocycles. The molecule has 3 aromatic rings. The molecule has 2 N–H and O–H groups in total. The number of aliphatic hydroxyl groups excluding tert-OH is 1. The van der Waals surface area contributed by atoms with Gasteiger partial charge in [0.05, 0.1) is 23.0 Å². The van der Waals surface area contributed by atoms with Crippen molar-refractivity contribution in [3.05, 3.63) is 59.3 Å². The fourth-order valence-corrected chi connectivity index (χ4v) is 2.65. The van der Waals surface area contributed by atoms with E-state index in [1.165, 1.54) is 24.4 Å². The fraction of sp³-hybridized carbons (Fsp3) is 0.222. The summed E-state index contributed by atoms with van der Waals surface area (Å²) in [5.74, 6) is -1.80. The average molecular weight is 426 g/mol. The summed E-state index contributed by atoms with van der Waals surface area (Å²) in [6, 6.07) is 6.74. The van der Waals surface area contributed by atoms with E-state index in [4.69, 9.17) is 16.7 Å². The smallest absolute Gasteiger partial charge is 0.394 e. The number of halogens is 4. The van der Waals surface area contributed by atoms with E-state index in [1.54, 1.807) is 19.1 Å². The summed E-state index contributed by atoms with van der Waals surface area (Å²) < 4.78 is 40.4. The predicted octanol–water partition coefficient (Wildman–Crippen LogP) is 3.11. The first-order valence-electron chi connectivity index (χ1n) is 8.35. The Morgan fingerprint density at radius 3 is 2.66 bits per heavy atom. The van der Waals surface area contributed by atoms with E-state index >= 15 is 0 Å². The van der Waals surface area contributed by atoms with E-state index in [9.17, 15) is 18.0 Å². The van der Waals surface area contributed by atoms with Crippen LogP contribution in [0.1, 0.15) is 23.1 Å². The summed E-state index contributed by atoms with van der Waals surface area (Å²) >= 11 is 5.84. The van der Waals surface area contributed by atoms with Gasteiger partial charge in [-0.1, -0.05) is 11.6 Å². The third kappa shape index (κ3) is 4.72. The molecule has 0 bridgehead atoms. The number of benzene rings is 1. The molecular formula is C18H15ClF3N5O2. The number of nitrogens with one attached hydrogen (secondary N) is 1. The molecule has 0 unspecified atom stereocenters. The Labute approximate surface area is 168 Å². The number of carbonyl (C=O) groups excluding carboxylic acids is 1. The largest absolute Gasteiger partial charge is 0.451 e. The Balaban J connectivity index is 2.14. The van der Waals surface area contributed by atoms with E-state index in [0.717, 1.165) is 6.33 Å². The van der Waals surface area contributed by atoms with Gasteiger partial charge in [-0.15, -0.1) is 0 Å². The monoisotopic (exact) mass is 425 g/mol. The molecule has 1 amide bonds. The second-order valence-electron chi connectivity index (χ2n) is 6.18. The van der Waals surface area contributed by atoms with E-state index in [1.807, 2.05) is 0 Å². The van der Waals surface area contributed by atoms with Crippen LogP contribution in [0.15, 0.2) is 42.9 Å². The van der Waals surface area contributed by atoms with Gasteiger partial charge < -0.3 is 10.4 Å². The summed E-state index contributed by atoms with van der Waals surface area (Å²) in [6.45, 7) is 1.29. The molecule has 0 radical (unpaired) electrons. The summed E-state index contributed by atoms with van der Waals surface area (Å²) in [7, 11) is 0. The van der Waals surface area contributed by atoms with Gasteiger partial charge in [-0.3, -0.25) is 9.78 Å². The minimum absolute atomic E-state index is 0.0223. The van der Waals surface area contributed by atoms with Crippen LogP contribution in [-0.4, -0.2) is 43.4 Å². The summed E-state index contributed by atoms with van der Waals surface area (Å²) in [6.07, 6.45) is -2.57. The van der Waals surface area contributed by atoms with Gasteiger partial charge in [0, 0.05) is 23.4 Å². The molecule has 29 heavy (non-hydrogen) atoms. The van der Waals surface area contributed by atoms with Gasteiger partial charge in [0.1, 0.15) is 6.33 Å². The van der Waals surface area contributed by atoms with E-state index in [-0.39, 0.29) is 17.9 Å². The molecule has 0 fully saturated rings. The fourth-order valence-electron chi connectivity index (χ4n) is 2.54. The molecule has 3 rings (SSSR count). The summed E-state index contributed by atoms with van der Waals surface area (Å²) in [4.78, 5) is 19.9. The highest BCUT2D eigenvalue weighted by atomic mass is 35.5. The number of alkyl halides is 3. The zero-order valence-corrected chi connectivity index (χ0v) is 15.7. The number of carbonyl (C=O) groups is 1. The van der Waals surface area contributed by atoms with Crippen molar-refractivity contribution in [1.29, 1.82) is 0 Å². The number of nitrogens with zero attached hydrogens (tertiary/aromatic N) is 4. The highest BCUT2D eigenvalue weighted by Gasteiger charge is 2.37. The molecule has 11 heteroatoms. The zero-order chi connectivity index (χ0) is 21.2. The molecular weight excluding hydrogens is 411 g/mol. The van der Waals surface area contributed by atoms with Crippen molar-refractivity contribution >= 4 is 17.5 Å². The lowest BCUT2D eigenvalue weighted by molar-refractivity contribution is -0.146. The van der Waals surface area contributed by atoms with Crippen LogP contribution in [0.5, 0.6) is 0 Å². The zero-order valence-electron chi connectivity index (χ0n) is 15.0. The lowest BCUT2D eigenvalue weighted by Gasteiger charge is -2.14. The van der Waals surface area contributed by atoms with Crippen molar-refractivity contribution in [2.24, 2.45) is 0 Å². The second kappa shape index (κ2) is 8.18. The summed E-state index contributed by atoms with van der Waals surface area (Å²) in [5.41, 5.74) is 0.822. The predicted molar refractivity (Wildman–Crippen MR) is 98.6 cm³/mol. The third-order valence-corrected chi connectivity index (χ3v) is 4.12. The van der Waals surface area contributed by atoms with Gasteiger partial charge in [-0.25, -0.2) is 9.67 Å². The quantitative estimate of drug-likeness (QED) is 0.655. The standard InChI is InChI=1S/C18H15ClF3N5O2/c1-10(8-28)26-16(29)12-4-11(15-3-2-13(19)7-23-15)5-14(6-12)27-17(18(20,21)22)24-9-25-27/h2-7,9-10,28H,8H2,1H3,(H,26,29)/t10-/m0/s1. The second-order valence-corrected chi connectivity index (χ2v) is 6.62. The van der Waals surface area contributed by atoms with Crippen molar-refractivity contribution in [3.8, 4) is 16.9 Å². The number of aliphatic hydroxyl groups is 1. The highest BCUT2D eigenvalue weighted by Crippen LogP contribution is 2.30. The Bertz CT molecular complexity index is 1020. The van der Waals surface area contributed by atoms with E-state index in [2.05, 4.69) is 20.4 Å². The molecule has 0 saturated heterocycles. The normalized spacial score (nSPS) is 12.6. The molecule has 1 aromatic carbocycles. The van der Waals surface area contributed by atoms with E-state index in [0.29, 0.717) is 21.0 Å². The van der Waals surface area contributed by atoms with Gasteiger partial charge in [-0.05, 0) is 37.3 Å². The van der Waals surface area contributed by atoms with Gasteiger partial charge in [0.25, 0.3) is 5.91 Å². The van der Waals surface area contributed by atoms with Gasteiger partial charge in [-0.2, -0.15) is 18.3 Å². The Hall–Kier alpha value is -2.98. The van der Waals surface area contributed by atoms with Crippen molar-refractivity contribution in [3.63, 3.8) is 0 Å². The lowest BCUT2D eigenvalue weighted by Crippen LogP contribution is -2.35. The first-order valence-corrected chi connectivity index (χ1v) is 8.73. The van der Waals surface area contributed by atoms with Crippen molar-refractivity contribution < 1.29 is 23.1 Å². The molecule has 0 aliphatic rings. The number of aromatic nitrogens is 4. The van der Waals surface area contributed by atoms with Crippen LogP contribution in [0.2, 0.25) is 5.02 Å². The number of hydrogen-bond acceptors (Lipinski definition) is 5. The Morgan fingerprint density at radius 1 is 1.28 bits per heavy atom. The first kappa shape index (κ1) is 20.7.